The Morgan fingerprint density at radius 3 is 2.28 bits per heavy atom. The van der Waals surface area contributed by atoms with Gasteiger partial charge in [0.15, 0.2) is 0 Å². The monoisotopic (exact) mass is 431 g/mol. The average molecular weight is 432 g/mol. The lowest BCUT2D eigenvalue weighted by molar-refractivity contribution is -0.133. The van der Waals surface area contributed by atoms with E-state index in [-0.39, 0.29) is 11.8 Å². The number of amides is 2. The fourth-order valence-electron chi connectivity index (χ4n) is 3.83. The summed E-state index contributed by atoms with van der Waals surface area (Å²) < 4.78 is 1.83. The first-order valence-corrected chi connectivity index (χ1v) is 11.1. The summed E-state index contributed by atoms with van der Waals surface area (Å²) in [5.74, 6) is 0.176. The van der Waals surface area contributed by atoms with Gasteiger partial charge in [-0.25, -0.2) is 4.68 Å². The van der Waals surface area contributed by atoms with E-state index in [9.17, 15) is 9.59 Å². The van der Waals surface area contributed by atoms with Gasteiger partial charge in [0, 0.05) is 45.3 Å². The Labute approximate surface area is 188 Å². The van der Waals surface area contributed by atoms with Crippen LogP contribution in [0, 0.1) is 0 Å². The molecule has 7 heteroatoms. The molecular formula is C25H29N5O2. The summed E-state index contributed by atoms with van der Waals surface area (Å²) in [5, 5.41) is 7.36. The molecule has 1 N–H and O–H groups in total. The largest absolute Gasteiger partial charge is 0.351 e. The molecule has 0 spiro atoms. The predicted molar refractivity (Wildman–Crippen MR) is 123 cm³/mol. The highest BCUT2D eigenvalue weighted by Gasteiger charge is 2.22. The van der Waals surface area contributed by atoms with Gasteiger partial charge in [0.2, 0.25) is 11.8 Å². The van der Waals surface area contributed by atoms with E-state index in [1.165, 1.54) is 0 Å². The van der Waals surface area contributed by atoms with Crippen molar-refractivity contribution in [2.24, 2.45) is 0 Å². The molecule has 1 aliphatic rings. The summed E-state index contributed by atoms with van der Waals surface area (Å²) in [4.78, 5) is 28.9. The number of aryl methyl sites for hydroxylation is 1. The molecule has 0 radical (unpaired) electrons. The average Bonchev–Trinajstić information content (AvgIpc) is 3.32. The zero-order valence-electron chi connectivity index (χ0n) is 18.2. The zero-order chi connectivity index (χ0) is 22.2. The summed E-state index contributed by atoms with van der Waals surface area (Å²) in [7, 11) is 0. The number of rotatable bonds is 8. The van der Waals surface area contributed by atoms with Crippen molar-refractivity contribution in [1.29, 1.82) is 0 Å². The number of carbonyl (C=O) groups excluding carboxylic acids is 2. The molecule has 0 aliphatic carbocycles. The number of para-hydroxylation sites is 1. The van der Waals surface area contributed by atoms with E-state index < -0.39 is 0 Å². The Bertz CT molecular complexity index is 1010. The topological polar surface area (TPSA) is 70.5 Å². The molecule has 1 aromatic heterocycles. The minimum absolute atomic E-state index is 0.0176. The SMILES string of the molecule is O=C(CN1CCN(C(=O)CCc2cnn(-c3ccccc3)c2)CC1)NCc1ccccc1. The highest BCUT2D eigenvalue weighted by molar-refractivity contribution is 5.78. The van der Waals surface area contributed by atoms with Crippen LogP contribution in [-0.4, -0.2) is 64.1 Å². The second-order valence-corrected chi connectivity index (χ2v) is 8.05. The van der Waals surface area contributed by atoms with E-state index in [0.717, 1.165) is 29.9 Å². The number of piperazine rings is 1. The standard InChI is InChI=1S/C25H29N5O2/c31-24(26-17-21-7-3-1-4-8-21)20-28-13-15-29(16-14-28)25(32)12-11-22-18-27-30(19-22)23-9-5-2-6-10-23/h1-10,18-19H,11-17,20H2,(H,26,31). The highest BCUT2D eigenvalue weighted by Crippen LogP contribution is 2.11. The number of nitrogens with one attached hydrogen (secondary N) is 1. The minimum Gasteiger partial charge on any atom is -0.351 e. The van der Waals surface area contributed by atoms with Crippen LogP contribution in [0.2, 0.25) is 0 Å². The van der Waals surface area contributed by atoms with Gasteiger partial charge >= 0.3 is 0 Å². The number of benzene rings is 2. The number of nitrogens with zero attached hydrogens (tertiary/aromatic N) is 4. The normalized spacial score (nSPS) is 14.3. The van der Waals surface area contributed by atoms with E-state index >= 15 is 0 Å². The van der Waals surface area contributed by atoms with Crippen LogP contribution in [0.1, 0.15) is 17.5 Å². The van der Waals surface area contributed by atoms with E-state index in [0.29, 0.717) is 39.0 Å². The lowest BCUT2D eigenvalue weighted by Crippen LogP contribution is -2.51. The second kappa shape index (κ2) is 10.7. The van der Waals surface area contributed by atoms with Crippen LogP contribution >= 0.6 is 0 Å². The van der Waals surface area contributed by atoms with E-state index in [1.54, 1.807) is 0 Å². The summed E-state index contributed by atoms with van der Waals surface area (Å²) >= 11 is 0. The third-order valence-electron chi connectivity index (χ3n) is 5.71. The fraction of sp³-hybridized carbons (Fsp3) is 0.320. The molecule has 0 atom stereocenters. The van der Waals surface area contributed by atoms with Crippen LogP contribution in [-0.2, 0) is 22.6 Å². The third-order valence-corrected chi connectivity index (χ3v) is 5.71. The lowest BCUT2D eigenvalue weighted by Gasteiger charge is -2.34. The van der Waals surface area contributed by atoms with Gasteiger partial charge in [0.1, 0.15) is 0 Å². The first-order valence-electron chi connectivity index (χ1n) is 11.1. The van der Waals surface area contributed by atoms with Gasteiger partial charge in [0.05, 0.1) is 18.4 Å². The van der Waals surface area contributed by atoms with Crippen LogP contribution in [0.4, 0.5) is 0 Å². The lowest BCUT2D eigenvalue weighted by atomic mass is 10.1. The molecule has 1 fully saturated rings. The Balaban J connectivity index is 1.16. The molecule has 1 saturated heterocycles. The van der Waals surface area contributed by atoms with Crippen molar-refractivity contribution in [3.8, 4) is 5.69 Å². The fourth-order valence-corrected chi connectivity index (χ4v) is 3.83. The molecule has 0 saturated carbocycles. The maximum absolute atomic E-state index is 12.6. The number of carbonyl (C=O) groups is 2. The van der Waals surface area contributed by atoms with Crippen molar-refractivity contribution >= 4 is 11.8 Å². The number of hydrogen-bond donors (Lipinski definition) is 1. The molecule has 166 valence electrons. The molecule has 7 nitrogen and oxygen atoms in total. The quantitative estimate of drug-likeness (QED) is 0.594. The second-order valence-electron chi connectivity index (χ2n) is 8.05. The number of aromatic nitrogens is 2. The predicted octanol–water partition coefficient (Wildman–Crippen LogP) is 2.27. The van der Waals surface area contributed by atoms with Crippen molar-refractivity contribution in [3.05, 3.63) is 84.2 Å². The van der Waals surface area contributed by atoms with Crippen molar-refractivity contribution in [3.63, 3.8) is 0 Å². The summed E-state index contributed by atoms with van der Waals surface area (Å²) in [6.07, 6.45) is 4.95. The van der Waals surface area contributed by atoms with Crippen LogP contribution < -0.4 is 5.32 Å². The minimum atomic E-state index is 0.0176. The van der Waals surface area contributed by atoms with Crippen LogP contribution in [0.25, 0.3) is 5.69 Å². The van der Waals surface area contributed by atoms with Crippen LogP contribution in [0.5, 0.6) is 0 Å². The molecule has 1 aliphatic heterocycles. The molecule has 0 unspecified atom stereocenters. The first-order chi connectivity index (χ1) is 15.7. The third kappa shape index (κ3) is 6.04. The molecule has 2 aromatic carbocycles. The Morgan fingerprint density at radius 1 is 0.875 bits per heavy atom. The van der Waals surface area contributed by atoms with Crippen LogP contribution in [0.15, 0.2) is 73.1 Å². The summed E-state index contributed by atoms with van der Waals surface area (Å²) in [6.45, 7) is 3.67. The maximum atomic E-state index is 12.6. The Kier molecular flexibility index (Phi) is 7.30. The van der Waals surface area contributed by atoms with Crippen molar-refractivity contribution in [2.45, 2.75) is 19.4 Å². The molecule has 32 heavy (non-hydrogen) atoms. The molecule has 2 amide bonds. The van der Waals surface area contributed by atoms with Gasteiger partial charge in [-0.1, -0.05) is 48.5 Å². The molecule has 3 aromatic rings. The van der Waals surface area contributed by atoms with Gasteiger partial charge in [0.25, 0.3) is 0 Å². The molecule has 0 bridgehead atoms. The van der Waals surface area contributed by atoms with E-state index in [2.05, 4.69) is 15.3 Å². The van der Waals surface area contributed by atoms with Gasteiger partial charge < -0.3 is 10.2 Å². The van der Waals surface area contributed by atoms with Gasteiger partial charge in [-0.15, -0.1) is 0 Å². The van der Waals surface area contributed by atoms with Gasteiger partial charge in [-0.2, -0.15) is 5.10 Å². The van der Waals surface area contributed by atoms with Gasteiger partial charge in [-0.05, 0) is 29.7 Å². The maximum Gasteiger partial charge on any atom is 0.234 e. The van der Waals surface area contributed by atoms with Crippen molar-refractivity contribution in [2.75, 3.05) is 32.7 Å². The Hall–Kier alpha value is -3.45. The zero-order valence-corrected chi connectivity index (χ0v) is 18.2. The smallest absolute Gasteiger partial charge is 0.234 e. The van der Waals surface area contributed by atoms with Crippen molar-refractivity contribution in [1.82, 2.24) is 24.9 Å². The first kappa shape index (κ1) is 21.8. The molecule has 2 heterocycles. The van der Waals surface area contributed by atoms with E-state index in [1.807, 2.05) is 82.6 Å². The Morgan fingerprint density at radius 2 is 1.56 bits per heavy atom. The summed E-state index contributed by atoms with van der Waals surface area (Å²) in [5.41, 5.74) is 3.15. The van der Waals surface area contributed by atoms with Gasteiger partial charge in [-0.3, -0.25) is 14.5 Å². The van der Waals surface area contributed by atoms with E-state index in [4.69, 9.17) is 0 Å². The highest BCUT2D eigenvalue weighted by atomic mass is 16.2. The summed E-state index contributed by atoms with van der Waals surface area (Å²) in [6, 6.07) is 19.8. The molecular weight excluding hydrogens is 402 g/mol. The molecule has 4 rings (SSSR count). The van der Waals surface area contributed by atoms with Crippen molar-refractivity contribution < 1.29 is 9.59 Å². The van der Waals surface area contributed by atoms with Crippen LogP contribution in [0.3, 0.4) is 0 Å². The number of hydrogen-bond acceptors (Lipinski definition) is 4.